The number of nitrogens with two attached hydrogens (primary N) is 1. The standard InChI is InChI=1S/C39H37F2N5O5/c1-23(2)39(36(42)49,24-15-17-25(40)18-16-24)45-32-14-10-9-13-31(32)44(27-11-7-6-8-12-27)34(47)29(35(45)48)22-30-28-20-19-26(41)21-33(28)46(43-30)37(50)51-38(3,4)5/h6-21,23,29H,22H2,1-5H3,(H2,42,49). The highest BCUT2D eigenvalue weighted by Gasteiger charge is 2.55. The van der Waals surface area contributed by atoms with Crippen LogP contribution in [0.25, 0.3) is 10.9 Å². The van der Waals surface area contributed by atoms with Crippen molar-refractivity contribution >= 4 is 51.8 Å². The van der Waals surface area contributed by atoms with Crippen molar-refractivity contribution in [3.63, 3.8) is 0 Å². The molecule has 51 heavy (non-hydrogen) atoms. The maximum absolute atomic E-state index is 15.3. The Morgan fingerprint density at radius 2 is 1.45 bits per heavy atom. The molecule has 10 nitrogen and oxygen atoms in total. The number of ether oxygens (including phenoxy) is 1. The third kappa shape index (κ3) is 6.11. The van der Waals surface area contributed by atoms with E-state index in [-0.39, 0.29) is 28.9 Å². The second-order valence-corrected chi connectivity index (χ2v) is 13.7. The molecule has 2 heterocycles. The maximum Gasteiger partial charge on any atom is 0.435 e. The van der Waals surface area contributed by atoms with Crippen LogP contribution in [0.4, 0.5) is 30.6 Å². The van der Waals surface area contributed by atoms with Gasteiger partial charge in [0.15, 0.2) is 5.54 Å². The van der Waals surface area contributed by atoms with Gasteiger partial charge in [0.25, 0.3) is 0 Å². The predicted octanol–water partition coefficient (Wildman–Crippen LogP) is 7.00. The summed E-state index contributed by atoms with van der Waals surface area (Å²) >= 11 is 0. The quantitative estimate of drug-likeness (QED) is 0.183. The van der Waals surface area contributed by atoms with Crippen molar-refractivity contribution in [2.24, 2.45) is 17.6 Å². The Morgan fingerprint density at radius 3 is 2.06 bits per heavy atom. The summed E-state index contributed by atoms with van der Waals surface area (Å²) in [5.74, 6) is -5.77. The van der Waals surface area contributed by atoms with Gasteiger partial charge in [-0.25, -0.2) is 13.6 Å². The van der Waals surface area contributed by atoms with Gasteiger partial charge in [-0.15, -0.1) is 0 Å². The molecule has 4 aromatic carbocycles. The highest BCUT2D eigenvalue weighted by atomic mass is 19.1. The Hall–Kier alpha value is -5.91. The number of hydrogen-bond acceptors (Lipinski definition) is 6. The first kappa shape index (κ1) is 34.9. The molecule has 0 saturated heterocycles. The molecule has 0 spiro atoms. The van der Waals surface area contributed by atoms with E-state index in [1.54, 1.807) is 89.2 Å². The number of carbonyl (C=O) groups is 4. The summed E-state index contributed by atoms with van der Waals surface area (Å²) in [4.78, 5) is 60.2. The molecule has 1 aromatic heterocycles. The van der Waals surface area contributed by atoms with E-state index >= 15 is 4.79 Å². The normalized spacial score (nSPS) is 16.2. The Labute approximate surface area is 293 Å². The second kappa shape index (κ2) is 13.1. The van der Waals surface area contributed by atoms with Crippen molar-refractivity contribution in [1.82, 2.24) is 9.78 Å². The molecule has 2 unspecified atom stereocenters. The fourth-order valence-electron chi connectivity index (χ4n) is 6.78. The monoisotopic (exact) mass is 693 g/mol. The van der Waals surface area contributed by atoms with E-state index in [4.69, 9.17) is 10.5 Å². The van der Waals surface area contributed by atoms with E-state index in [0.29, 0.717) is 16.8 Å². The average Bonchev–Trinajstić information content (AvgIpc) is 3.39. The lowest BCUT2D eigenvalue weighted by Crippen LogP contribution is -2.62. The Kier molecular flexibility index (Phi) is 8.96. The minimum absolute atomic E-state index is 0.0767. The van der Waals surface area contributed by atoms with Crippen LogP contribution in [0.15, 0.2) is 97.1 Å². The van der Waals surface area contributed by atoms with E-state index in [9.17, 15) is 23.2 Å². The Balaban J connectivity index is 1.62. The second-order valence-electron chi connectivity index (χ2n) is 13.7. The van der Waals surface area contributed by atoms with E-state index in [2.05, 4.69) is 5.10 Å². The van der Waals surface area contributed by atoms with Crippen molar-refractivity contribution < 1.29 is 32.7 Å². The lowest BCUT2D eigenvalue weighted by molar-refractivity contribution is -0.136. The molecule has 0 bridgehead atoms. The van der Waals surface area contributed by atoms with Gasteiger partial charge in [0.1, 0.15) is 23.2 Å². The highest BCUT2D eigenvalue weighted by Crippen LogP contribution is 2.48. The lowest BCUT2D eigenvalue weighted by Gasteiger charge is -2.45. The van der Waals surface area contributed by atoms with E-state index in [1.807, 2.05) is 0 Å². The van der Waals surface area contributed by atoms with Crippen LogP contribution in [0, 0.1) is 23.5 Å². The van der Waals surface area contributed by atoms with E-state index < -0.39 is 58.4 Å². The number of primary amides is 1. The third-order valence-corrected chi connectivity index (χ3v) is 8.95. The number of amides is 3. The summed E-state index contributed by atoms with van der Waals surface area (Å²) in [6, 6.07) is 24.2. The zero-order valence-corrected chi connectivity index (χ0v) is 28.8. The first-order valence-corrected chi connectivity index (χ1v) is 16.4. The number of anilines is 3. The topological polar surface area (TPSA) is 128 Å². The lowest BCUT2D eigenvalue weighted by atomic mass is 9.76. The van der Waals surface area contributed by atoms with Crippen molar-refractivity contribution in [2.45, 2.75) is 52.2 Å². The molecular weight excluding hydrogens is 656 g/mol. The van der Waals surface area contributed by atoms with Gasteiger partial charge in [0, 0.05) is 23.6 Å². The van der Waals surface area contributed by atoms with Gasteiger partial charge >= 0.3 is 6.09 Å². The van der Waals surface area contributed by atoms with Gasteiger partial charge in [-0.2, -0.15) is 9.78 Å². The van der Waals surface area contributed by atoms with E-state index in [0.717, 1.165) is 10.7 Å². The molecule has 0 saturated carbocycles. The van der Waals surface area contributed by atoms with Crippen molar-refractivity contribution in [3.05, 3.63) is 120 Å². The number of fused-ring (bicyclic) bond motifs is 2. The van der Waals surface area contributed by atoms with Gasteiger partial charge in [-0.05, 0) is 80.8 Å². The van der Waals surface area contributed by atoms with Crippen molar-refractivity contribution in [1.29, 1.82) is 0 Å². The number of halogens is 2. The minimum atomic E-state index is -1.91. The molecule has 12 heteroatoms. The predicted molar refractivity (Wildman–Crippen MR) is 188 cm³/mol. The highest BCUT2D eigenvalue weighted by molar-refractivity contribution is 6.22. The first-order valence-electron chi connectivity index (χ1n) is 16.4. The van der Waals surface area contributed by atoms with Gasteiger partial charge in [0.2, 0.25) is 17.7 Å². The van der Waals surface area contributed by atoms with Crippen molar-refractivity contribution in [3.8, 4) is 0 Å². The fraction of sp³-hybridized carbons (Fsp3) is 0.256. The molecule has 5 aromatic rings. The van der Waals surface area contributed by atoms with Crippen LogP contribution in [0.2, 0.25) is 0 Å². The number of benzene rings is 4. The average molecular weight is 694 g/mol. The molecule has 0 aliphatic carbocycles. The summed E-state index contributed by atoms with van der Waals surface area (Å²) < 4.78 is 35.3. The van der Waals surface area contributed by atoms with Crippen LogP contribution in [0.1, 0.15) is 45.9 Å². The number of nitrogens with zero attached hydrogens (tertiary/aromatic N) is 4. The first-order chi connectivity index (χ1) is 24.1. The maximum atomic E-state index is 15.3. The Bertz CT molecular complexity index is 2160. The van der Waals surface area contributed by atoms with Crippen LogP contribution < -0.4 is 15.5 Å². The fourth-order valence-corrected chi connectivity index (χ4v) is 6.78. The van der Waals surface area contributed by atoms with Crippen LogP contribution in [-0.4, -0.2) is 39.2 Å². The van der Waals surface area contributed by atoms with Crippen LogP contribution in [0.3, 0.4) is 0 Å². The molecule has 2 N–H and O–H groups in total. The Morgan fingerprint density at radius 1 is 0.843 bits per heavy atom. The number of rotatable bonds is 7. The van der Waals surface area contributed by atoms with E-state index in [1.165, 1.54) is 46.2 Å². The summed E-state index contributed by atoms with van der Waals surface area (Å²) in [6.45, 7) is 8.45. The van der Waals surface area contributed by atoms with Gasteiger partial charge in [-0.1, -0.05) is 56.3 Å². The van der Waals surface area contributed by atoms with Crippen LogP contribution in [0.5, 0.6) is 0 Å². The molecular formula is C39H37F2N5O5. The number of carbonyl (C=O) groups excluding carboxylic acids is 4. The van der Waals surface area contributed by atoms with Gasteiger partial charge in [-0.3, -0.25) is 24.2 Å². The van der Waals surface area contributed by atoms with Crippen LogP contribution in [-0.2, 0) is 31.1 Å². The zero-order valence-electron chi connectivity index (χ0n) is 28.8. The number of para-hydroxylation sites is 3. The minimum Gasteiger partial charge on any atom is -0.442 e. The van der Waals surface area contributed by atoms with Crippen molar-refractivity contribution in [2.75, 3.05) is 9.80 Å². The molecule has 3 amide bonds. The summed E-state index contributed by atoms with van der Waals surface area (Å²) in [5.41, 5.74) is 4.86. The molecule has 2 atom stereocenters. The molecule has 1 aliphatic heterocycles. The number of hydrogen-bond donors (Lipinski definition) is 1. The smallest absolute Gasteiger partial charge is 0.435 e. The van der Waals surface area contributed by atoms with Gasteiger partial charge < -0.3 is 10.5 Å². The molecule has 0 fully saturated rings. The van der Waals surface area contributed by atoms with Gasteiger partial charge in [0.05, 0.1) is 22.6 Å². The zero-order chi connectivity index (χ0) is 36.8. The summed E-state index contributed by atoms with van der Waals surface area (Å²) in [7, 11) is 0. The van der Waals surface area contributed by atoms with Crippen LogP contribution >= 0.6 is 0 Å². The summed E-state index contributed by atoms with van der Waals surface area (Å²) in [6.07, 6.45) is -1.24. The third-order valence-electron chi connectivity index (χ3n) is 8.95. The molecule has 0 radical (unpaired) electrons. The SMILES string of the molecule is CC(C)C(C(N)=O)(c1ccc(F)cc1)N1C(=O)C(Cc2nn(C(=O)OC(C)(C)C)c3cc(F)ccc23)C(=O)N(c2ccccc2)c2ccccc21. The number of aromatic nitrogens is 2. The molecule has 6 rings (SSSR count). The summed E-state index contributed by atoms with van der Waals surface area (Å²) in [5, 5.41) is 4.79. The molecule has 262 valence electrons. The molecule has 1 aliphatic rings. The largest absolute Gasteiger partial charge is 0.442 e.